The fourth-order valence-electron chi connectivity index (χ4n) is 1.86. The average molecular weight is 289 g/mol. The van der Waals surface area contributed by atoms with Crippen LogP contribution in [0.5, 0.6) is 0 Å². The zero-order valence-electron chi connectivity index (χ0n) is 11.9. The summed E-state index contributed by atoms with van der Waals surface area (Å²) >= 11 is 0. The first-order valence-corrected chi connectivity index (χ1v) is 7.01. The minimum Gasteiger partial charge on any atom is -0.349 e. The summed E-state index contributed by atoms with van der Waals surface area (Å²) in [6.45, 7) is 1.74. The van der Waals surface area contributed by atoms with Crippen LogP contribution in [0.2, 0.25) is 0 Å². The highest BCUT2D eigenvalue weighted by atomic mass is 16.2. The van der Waals surface area contributed by atoms with Crippen LogP contribution in [0.3, 0.4) is 0 Å². The van der Waals surface area contributed by atoms with Gasteiger partial charge in [0.15, 0.2) is 0 Å². The Labute approximate surface area is 123 Å². The van der Waals surface area contributed by atoms with Crippen LogP contribution in [0, 0.1) is 5.92 Å². The molecule has 1 fully saturated rings. The number of hydrogen-bond donors (Lipinski definition) is 3. The van der Waals surface area contributed by atoms with E-state index < -0.39 is 0 Å². The van der Waals surface area contributed by atoms with Crippen LogP contribution in [0.15, 0.2) is 30.3 Å². The fraction of sp³-hybridized carbons (Fsp3) is 0.400. The fourth-order valence-corrected chi connectivity index (χ4v) is 1.86. The molecule has 1 saturated carbocycles. The van der Waals surface area contributed by atoms with E-state index in [1.165, 1.54) is 0 Å². The molecule has 112 valence electrons. The number of amides is 3. The van der Waals surface area contributed by atoms with E-state index in [0.29, 0.717) is 5.56 Å². The molecule has 0 radical (unpaired) electrons. The molecule has 3 N–H and O–H groups in total. The van der Waals surface area contributed by atoms with E-state index in [9.17, 15) is 14.4 Å². The van der Waals surface area contributed by atoms with Gasteiger partial charge >= 0.3 is 0 Å². The zero-order chi connectivity index (χ0) is 15.2. The number of carbonyl (C=O) groups excluding carboxylic acids is 3. The molecule has 3 amide bonds. The van der Waals surface area contributed by atoms with Crippen molar-refractivity contribution in [3.63, 3.8) is 0 Å². The molecule has 6 nitrogen and oxygen atoms in total. The average Bonchev–Trinajstić information content (AvgIpc) is 3.30. The lowest BCUT2D eigenvalue weighted by molar-refractivity contribution is -0.129. The van der Waals surface area contributed by atoms with Crippen molar-refractivity contribution in [3.8, 4) is 0 Å². The van der Waals surface area contributed by atoms with Crippen LogP contribution in [-0.2, 0) is 9.59 Å². The Hall–Kier alpha value is -2.37. The number of hydrazine groups is 1. The van der Waals surface area contributed by atoms with Gasteiger partial charge in [-0.2, -0.15) is 0 Å². The number of hydrogen-bond acceptors (Lipinski definition) is 3. The summed E-state index contributed by atoms with van der Waals surface area (Å²) in [6.07, 6.45) is 1.86. The Morgan fingerprint density at radius 2 is 1.81 bits per heavy atom. The molecule has 1 aromatic rings. The van der Waals surface area contributed by atoms with Crippen molar-refractivity contribution >= 4 is 17.7 Å². The van der Waals surface area contributed by atoms with Crippen molar-refractivity contribution < 1.29 is 14.4 Å². The molecule has 0 heterocycles. The highest BCUT2D eigenvalue weighted by molar-refractivity contribution is 5.94. The second-order valence-electron chi connectivity index (χ2n) is 5.26. The second-order valence-corrected chi connectivity index (χ2v) is 5.26. The van der Waals surface area contributed by atoms with E-state index >= 15 is 0 Å². The van der Waals surface area contributed by atoms with Gasteiger partial charge in [-0.1, -0.05) is 18.2 Å². The summed E-state index contributed by atoms with van der Waals surface area (Å²) in [5, 5.41) is 2.74. The van der Waals surface area contributed by atoms with Gasteiger partial charge in [-0.3, -0.25) is 25.2 Å². The highest BCUT2D eigenvalue weighted by Crippen LogP contribution is 2.28. The smallest absolute Gasteiger partial charge is 0.251 e. The van der Waals surface area contributed by atoms with Crippen LogP contribution in [-0.4, -0.2) is 23.8 Å². The van der Waals surface area contributed by atoms with E-state index in [1.807, 2.05) is 6.07 Å². The van der Waals surface area contributed by atoms with E-state index in [0.717, 1.165) is 12.8 Å². The summed E-state index contributed by atoms with van der Waals surface area (Å²) in [6, 6.07) is 8.47. The maximum Gasteiger partial charge on any atom is 0.251 e. The normalized spacial score (nSPS) is 14.9. The third-order valence-electron chi connectivity index (χ3n) is 3.18. The van der Waals surface area contributed by atoms with Gasteiger partial charge in [0.25, 0.3) is 5.91 Å². The van der Waals surface area contributed by atoms with Crippen LogP contribution in [0.25, 0.3) is 0 Å². The third-order valence-corrected chi connectivity index (χ3v) is 3.18. The van der Waals surface area contributed by atoms with E-state index in [4.69, 9.17) is 0 Å². The molecule has 21 heavy (non-hydrogen) atoms. The molecule has 1 unspecified atom stereocenters. The third kappa shape index (κ3) is 4.91. The summed E-state index contributed by atoms with van der Waals surface area (Å²) in [5.41, 5.74) is 5.29. The first-order chi connectivity index (χ1) is 10.1. The maximum absolute atomic E-state index is 11.9. The molecular weight excluding hydrogens is 270 g/mol. The Morgan fingerprint density at radius 1 is 1.14 bits per heavy atom. The van der Waals surface area contributed by atoms with Gasteiger partial charge in [0.2, 0.25) is 11.8 Å². The molecule has 1 aliphatic rings. The van der Waals surface area contributed by atoms with Gasteiger partial charge in [-0.25, -0.2) is 0 Å². The molecule has 0 aliphatic heterocycles. The number of nitrogens with one attached hydrogen (secondary N) is 3. The van der Waals surface area contributed by atoms with E-state index in [1.54, 1.807) is 31.2 Å². The lowest BCUT2D eigenvalue weighted by atomic mass is 10.2. The number of benzene rings is 1. The SMILES string of the molecule is CC(CC(=O)NNC(=O)C1CC1)NC(=O)c1ccccc1. The zero-order valence-corrected chi connectivity index (χ0v) is 11.9. The molecule has 0 bridgehead atoms. The lowest BCUT2D eigenvalue weighted by Crippen LogP contribution is -2.45. The van der Waals surface area contributed by atoms with Crippen molar-refractivity contribution in [1.29, 1.82) is 0 Å². The van der Waals surface area contributed by atoms with Gasteiger partial charge in [0.1, 0.15) is 0 Å². The molecule has 0 aromatic heterocycles. The Kier molecular flexibility index (Phi) is 4.92. The minimum atomic E-state index is -0.329. The van der Waals surface area contributed by atoms with Gasteiger partial charge in [0.05, 0.1) is 0 Å². The molecule has 1 aliphatic carbocycles. The van der Waals surface area contributed by atoms with Crippen molar-refractivity contribution in [3.05, 3.63) is 35.9 Å². The van der Waals surface area contributed by atoms with Crippen LogP contribution in [0.1, 0.15) is 36.5 Å². The molecule has 6 heteroatoms. The first-order valence-electron chi connectivity index (χ1n) is 7.01. The lowest BCUT2D eigenvalue weighted by Gasteiger charge is -2.14. The summed E-state index contributed by atoms with van der Waals surface area (Å²) in [5.74, 6) is -0.660. The number of rotatable bonds is 5. The quantitative estimate of drug-likeness (QED) is 0.699. The predicted octanol–water partition coefficient (Wildman–Crippen LogP) is 0.752. The molecule has 0 saturated heterocycles. The maximum atomic E-state index is 11.9. The van der Waals surface area contributed by atoms with Gasteiger partial charge < -0.3 is 5.32 Å². The highest BCUT2D eigenvalue weighted by Gasteiger charge is 2.29. The van der Waals surface area contributed by atoms with Crippen molar-refractivity contribution in [2.45, 2.75) is 32.2 Å². The summed E-state index contributed by atoms with van der Waals surface area (Å²) in [7, 11) is 0. The molecular formula is C15H19N3O3. The standard InChI is InChI=1S/C15H19N3O3/c1-10(16-14(20)11-5-3-2-4-6-11)9-13(19)17-18-15(21)12-7-8-12/h2-6,10,12H,7-9H2,1H3,(H,16,20)(H,17,19)(H,18,21). The Balaban J connectivity index is 1.70. The molecule has 2 rings (SSSR count). The minimum absolute atomic E-state index is 0.0421. The van der Waals surface area contributed by atoms with Crippen LogP contribution < -0.4 is 16.2 Å². The van der Waals surface area contributed by atoms with Crippen LogP contribution >= 0.6 is 0 Å². The number of carbonyl (C=O) groups is 3. The Morgan fingerprint density at radius 3 is 2.43 bits per heavy atom. The van der Waals surface area contributed by atoms with E-state index in [2.05, 4.69) is 16.2 Å². The topological polar surface area (TPSA) is 87.3 Å². The van der Waals surface area contributed by atoms with Crippen molar-refractivity contribution in [2.24, 2.45) is 5.92 Å². The second kappa shape index (κ2) is 6.88. The molecule has 0 spiro atoms. The molecule has 1 aromatic carbocycles. The van der Waals surface area contributed by atoms with Gasteiger partial charge in [-0.15, -0.1) is 0 Å². The summed E-state index contributed by atoms with van der Waals surface area (Å²) in [4.78, 5) is 34.9. The van der Waals surface area contributed by atoms with Crippen molar-refractivity contribution in [2.75, 3.05) is 0 Å². The van der Waals surface area contributed by atoms with E-state index in [-0.39, 0.29) is 36.1 Å². The Bertz CT molecular complexity index is 526. The van der Waals surface area contributed by atoms with Gasteiger partial charge in [0, 0.05) is 23.9 Å². The predicted molar refractivity (Wildman–Crippen MR) is 77.0 cm³/mol. The van der Waals surface area contributed by atoms with Crippen LogP contribution in [0.4, 0.5) is 0 Å². The summed E-state index contributed by atoms with van der Waals surface area (Å²) < 4.78 is 0. The van der Waals surface area contributed by atoms with Gasteiger partial charge in [-0.05, 0) is 31.9 Å². The molecule has 1 atom stereocenters. The first kappa shape index (κ1) is 15.0. The largest absolute Gasteiger partial charge is 0.349 e. The monoisotopic (exact) mass is 289 g/mol. The van der Waals surface area contributed by atoms with Crippen molar-refractivity contribution in [1.82, 2.24) is 16.2 Å².